The maximum atomic E-state index is 13.5. The van der Waals surface area contributed by atoms with Crippen molar-refractivity contribution in [3.8, 4) is 11.1 Å². The number of amidine groups is 1. The molecular formula is C23H15F5N2. The van der Waals surface area contributed by atoms with Crippen molar-refractivity contribution in [2.45, 2.75) is 6.18 Å². The van der Waals surface area contributed by atoms with Crippen LogP contribution in [0.1, 0.15) is 11.1 Å². The van der Waals surface area contributed by atoms with Crippen molar-refractivity contribution in [2.75, 3.05) is 4.90 Å². The van der Waals surface area contributed by atoms with Crippen molar-refractivity contribution in [1.82, 2.24) is 0 Å². The molecule has 0 aliphatic rings. The van der Waals surface area contributed by atoms with Gasteiger partial charge in [0.1, 0.15) is 5.84 Å². The van der Waals surface area contributed by atoms with Crippen LogP contribution in [0.5, 0.6) is 0 Å². The van der Waals surface area contributed by atoms with Crippen LogP contribution in [0.15, 0.2) is 85.2 Å². The van der Waals surface area contributed by atoms with Crippen molar-refractivity contribution in [3.63, 3.8) is 0 Å². The van der Waals surface area contributed by atoms with Gasteiger partial charge < -0.3 is 0 Å². The SMILES string of the molecule is C=C=CN(C(=N)c1ccccc1C(F)(F)F)c1ccc(-c2ccc(F)c(F)c2)cc1. The lowest BCUT2D eigenvalue weighted by atomic mass is 10.0. The fourth-order valence-corrected chi connectivity index (χ4v) is 2.92. The summed E-state index contributed by atoms with van der Waals surface area (Å²) in [6, 6.07) is 14.6. The minimum atomic E-state index is -4.62. The second-order valence-corrected chi connectivity index (χ2v) is 6.27. The molecule has 0 atom stereocenters. The van der Waals surface area contributed by atoms with Crippen LogP contribution in [-0.2, 0) is 6.18 Å². The molecule has 0 unspecified atom stereocenters. The fraction of sp³-hybridized carbons (Fsp3) is 0.0435. The first-order chi connectivity index (χ1) is 14.2. The Morgan fingerprint density at radius 3 is 2.13 bits per heavy atom. The van der Waals surface area contributed by atoms with Gasteiger partial charge >= 0.3 is 6.18 Å². The third-order valence-corrected chi connectivity index (χ3v) is 4.35. The highest BCUT2D eigenvalue weighted by atomic mass is 19.4. The zero-order valence-electron chi connectivity index (χ0n) is 15.5. The topological polar surface area (TPSA) is 27.1 Å². The van der Waals surface area contributed by atoms with Gasteiger partial charge in [-0.1, -0.05) is 43.0 Å². The van der Waals surface area contributed by atoms with Crippen LogP contribution >= 0.6 is 0 Å². The van der Waals surface area contributed by atoms with E-state index in [2.05, 4.69) is 12.3 Å². The summed E-state index contributed by atoms with van der Waals surface area (Å²) in [5.74, 6) is -2.37. The Kier molecular flexibility index (Phi) is 5.85. The Morgan fingerprint density at radius 2 is 1.53 bits per heavy atom. The summed E-state index contributed by atoms with van der Waals surface area (Å²) >= 11 is 0. The molecule has 0 fully saturated rings. The third-order valence-electron chi connectivity index (χ3n) is 4.35. The van der Waals surface area contributed by atoms with Gasteiger partial charge in [0.15, 0.2) is 11.6 Å². The molecule has 0 aliphatic heterocycles. The van der Waals surface area contributed by atoms with Gasteiger partial charge in [0, 0.05) is 11.3 Å². The summed E-state index contributed by atoms with van der Waals surface area (Å²) in [4.78, 5) is 1.20. The van der Waals surface area contributed by atoms with E-state index in [1.54, 1.807) is 24.3 Å². The Labute approximate surface area is 169 Å². The van der Waals surface area contributed by atoms with E-state index in [1.807, 2.05) is 0 Å². The zero-order chi connectivity index (χ0) is 21.9. The van der Waals surface area contributed by atoms with Crippen LogP contribution in [0.25, 0.3) is 11.1 Å². The molecule has 0 heterocycles. The van der Waals surface area contributed by atoms with E-state index >= 15 is 0 Å². The molecule has 7 heteroatoms. The minimum absolute atomic E-state index is 0.304. The predicted octanol–water partition coefficient (Wildman–Crippen LogP) is 6.78. The Balaban J connectivity index is 1.99. The lowest BCUT2D eigenvalue weighted by Crippen LogP contribution is -2.27. The van der Waals surface area contributed by atoms with Crippen molar-refractivity contribution in [3.05, 3.63) is 108 Å². The second-order valence-electron chi connectivity index (χ2n) is 6.27. The molecule has 2 nitrogen and oxygen atoms in total. The van der Waals surface area contributed by atoms with E-state index in [0.717, 1.165) is 18.2 Å². The zero-order valence-corrected chi connectivity index (χ0v) is 15.5. The van der Waals surface area contributed by atoms with Gasteiger partial charge in [0.2, 0.25) is 0 Å². The average Bonchev–Trinajstić information content (AvgIpc) is 2.73. The summed E-state index contributed by atoms with van der Waals surface area (Å²) in [6.07, 6.45) is -3.37. The lowest BCUT2D eigenvalue weighted by Gasteiger charge is -2.23. The standard InChI is InChI=1S/C23H15F5N2/c1-2-13-30(22(29)18-5-3-4-6-19(18)23(26,27)28)17-10-7-15(8-11-17)16-9-12-20(24)21(25)14-16/h3-14,29H,1H2. The van der Waals surface area contributed by atoms with Crippen LogP contribution in [-0.4, -0.2) is 5.84 Å². The van der Waals surface area contributed by atoms with Gasteiger partial charge in [-0.25, -0.2) is 8.78 Å². The second kappa shape index (κ2) is 8.35. The smallest absolute Gasteiger partial charge is 0.295 e. The molecule has 3 aromatic rings. The normalized spacial score (nSPS) is 11.0. The fourth-order valence-electron chi connectivity index (χ4n) is 2.92. The highest BCUT2D eigenvalue weighted by Gasteiger charge is 2.34. The molecule has 0 saturated carbocycles. The molecule has 0 radical (unpaired) electrons. The molecule has 152 valence electrons. The van der Waals surface area contributed by atoms with Crippen molar-refractivity contribution in [2.24, 2.45) is 0 Å². The first-order valence-electron chi connectivity index (χ1n) is 8.68. The number of rotatable bonds is 4. The molecule has 0 amide bonds. The monoisotopic (exact) mass is 414 g/mol. The van der Waals surface area contributed by atoms with Crippen LogP contribution in [0.4, 0.5) is 27.6 Å². The Bertz CT molecular complexity index is 1130. The summed E-state index contributed by atoms with van der Waals surface area (Å²) in [6.45, 7) is 3.44. The molecule has 30 heavy (non-hydrogen) atoms. The van der Waals surface area contributed by atoms with Crippen LogP contribution in [0.2, 0.25) is 0 Å². The van der Waals surface area contributed by atoms with Gasteiger partial charge in [0.05, 0.1) is 11.8 Å². The van der Waals surface area contributed by atoms with E-state index in [4.69, 9.17) is 5.41 Å². The molecule has 0 saturated heterocycles. The van der Waals surface area contributed by atoms with Gasteiger partial charge in [-0.05, 0) is 41.5 Å². The van der Waals surface area contributed by atoms with Crippen molar-refractivity contribution < 1.29 is 22.0 Å². The maximum Gasteiger partial charge on any atom is 0.417 e. The molecule has 0 spiro atoms. The Morgan fingerprint density at radius 1 is 0.900 bits per heavy atom. The summed E-state index contributed by atoms with van der Waals surface area (Å²) in [5.41, 5.74) is 2.61. The van der Waals surface area contributed by atoms with Gasteiger partial charge in [-0.2, -0.15) is 13.2 Å². The molecule has 3 rings (SSSR count). The van der Waals surface area contributed by atoms with Crippen LogP contribution in [0, 0.1) is 17.0 Å². The number of anilines is 1. The highest BCUT2D eigenvalue weighted by molar-refractivity contribution is 6.10. The van der Waals surface area contributed by atoms with E-state index in [9.17, 15) is 22.0 Å². The lowest BCUT2D eigenvalue weighted by molar-refractivity contribution is -0.137. The Hall–Kier alpha value is -3.70. The number of hydrogen-bond donors (Lipinski definition) is 1. The number of hydrogen-bond acceptors (Lipinski definition) is 1. The predicted molar refractivity (Wildman–Crippen MR) is 106 cm³/mol. The molecule has 0 aliphatic carbocycles. The summed E-state index contributed by atoms with van der Waals surface area (Å²) in [5, 5.41) is 8.35. The average molecular weight is 414 g/mol. The quantitative estimate of drug-likeness (QED) is 0.217. The number of nitrogens with zero attached hydrogens (tertiary/aromatic N) is 1. The first kappa shape index (κ1) is 21.0. The van der Waals surface area contributed by atoms with E-state index < -0.39 is 29.2 Å². The molecule has 0 bridgehead atoms. The number of nitrogens with one attached hydrogen (secondary N) is 1. The summed E-state index contributed by atoms with van der Waals surface area (Å²) < 4.78 is 66.7. The van der Waals surface area contributed by atoms with Crippen LogP contribution < -0.4 is 4.90 Å². The van der Waals surface area contributed by atoms with E-state index in [-0.39, 0.29) is 5.56 Å². The molecule has 1 N–H and O–H groups in total. The maximum absolute atomic E-state index is 13.5. The number of alkyl halides is 3. The largest absolute Gasteiger partial charge is 0.417 e. The van der Waals surface area contributed by atoms with Gasteiger partial charge in [0.25, 0.3) is 0 Å². The van der Waals surface area contributed by atoms with E-state index in [0.29, 0.717) is 16.8 Å². The molecular weight excluding hydrogens is 399 g/mol. The first-order valence-corrected chi connectivity index (χ1v) is 8.68. The highest BCUT2D eigenvalue weighted by Crippen LogP contribution is 2.33. The molecule has 3 aromatic carbocycles. The number of halogens is 5. The minimum Gasteiger partial charge on any atom is -0.295 e. The van der Waals surface area contributed by atoms with Crippen molar-refractivity contribution in [1.29, 1.82) is 5.41 Å². The van der Waals surface area contributed by atoms with Gasteiger partial charge in [-0.3, -0.25) is 10.3 Å². The summed E-state index contributed by atoms with van der Waals surface area (Å²) in [7, 11) is 0. The van der Waals surface area contributed by atoms with Gasteiger partial charge in [-0.15, -0.1) is 5.73 Å². The van der Waals surface area contributed by atoms with E-state index in [1.165, 1.54) is 35.4 Å². The third kappa shape index (κ3) is 4.31. The van der Waals surface area contributed by atoms with Crippen LogP contribution in [0.3, 0.4) is 0 Å². The molecule has 0 aromatic heterocycles. The van der Waals surface area contributed by atoms with Crippen molar-refractivity contribution >= 4 is 11.5 Å². The number of benzene rings is 3.